The Morgan fingerprint density at radius 3 is 2.32 bits per heavy atom. The highest BCUT2D eigenvalue weighted by atomic mass is 35.5. The molecule has 5 nitrogen and oxygen atoms in total. The molecule has 0 aliphatic carbocycles. The summed E-state index contributed by atoms with van der Waals surface area (Å²) >= 11 is 6.18. The first-order valence-corrected chi connectivity index (χ1v) is 10.4. The van der Waals surface area contributed by atoms with Crippen molar-refractivity contribution < 1.29 is 14.3 Å². The Kier molecular flexibility index (Phi) is 7.42. The number of benzene rings is 3. The van der Waals surface area contributed by atoms with Gasteiger partial charge in [0, 0.05) is 22.9 Å². The molecule has 3 rings (SSSR count). The van der Waals surface area contributed by atoms with E-state index in [4.69, 9.17) is 21.1 Å². The van der Waals surface area contributed by atoms with Gasteiger partial charge in [-0.05, 0) is 79.4 Å². The maximum atomic E-state index is 12.3. The molecule has 6 heteroatoms. The van der Waals surface area contributed by atoms with E-state index in [1.165, 1.54) is 5.56 Å². The van der Waals surface area contributed by atoms with E-state index in [2.05, 4.69) is 10.6 Å². The summed E-state index contributed by atoms with van der Waals surface area (Å²) in [5.41, 5.74) is 6.05. The highest BCUT2D eigenvalue weighted by molar-refractivity contribution is 6.31. The minimum Gasteiger partial charge on any atom is -0.493 e. The van der Waals surface area contributed by atoms with Crippen molar-refractivity contribution >= 4 is 28.9 Å². The number of carbonyl (C=O) groups is 1. The predicted molar refractivity (Wildman–Crippen MR) is 127 cm³/mol. The van der Waals surface area contributed by atoms with Crippen molar-refractivity contribution in [3.05, 3.63) is 81.9 Å². The van der Waals surface area contributed by atoms with Gasteiger partial charge in [-0.3, -0.25) is 4.79 Å². The van der Waals surface area contributed by atoms with Gasteiger partial charge in [-0.1, -0.05) is 29.8 Å². The zero-order chi connectivity index (χ0) is 22.4. The average molecular weight is 439 g/mol. The van der Waals surface area contributed by atoms with Crippen LogP contribution in [0.4, 0.5) is 11.4 Å². The molecule has 0 heterocycles. The molecule has 0 bridgehead atoms. The first kappa shape index (κ1) is 22.5. The van der Waals surface area contributed by atoms with Gasteiger partial charge in [-0.25, -0.2) is 0 Å². The zero-order valence-corrected chi connectivity index (χ0v) is 19.0. The third-order valence-electron chi connectivity index (χ3n) is 5.05. The number of rotatable bonds is 8. The quantitative estimate of drug-likeness (QED) is 0.459. The van der Waals surface area contributed by atoms with E-state index in [1.807, 2.05) is 69.3 Å². The number of methoxy groups -OCH3 is 1. The highest BCUT2D eigenvalue weighted by Crippen LogP contribution is 2.29. The molecule has 0 aliphatic rings. The van der Waals surface area contributed by atoms with E-state index in [9.17, 15) is 4.79 Å². The first-order chi connectivity index (χ1) is 14.9. The van der Waals surface area contributed by atoms with Crippen molar-refractivity contribution in [3.63, 3.8) is 0 Å². The largest absolute Gasteiger partial charge is 0.493 e. The summed E-state index contributed by atoms with van der Waals surface area (Å²) in [5.74, 6) is 0.854. The number of ether oxygens (including phenoxy) is 2. The Morgan fingerprint density at radius 2 is 1.61 bits per heavy atom. The maximum absolute atomic E-state index is 12.3. The van der Waals surface area contributed by atoms with Gasteiger partial charge in [0.1, 0.15) is 0 Å². The van der Waals surface area contributed by atoms with Crippen LogP contribution in [0.5, 0.6) is 11.5 Å². The number of hydrogen-bond donors (Lipinski definition) is 2. The SMILES string of the molecule is COc1cc(CNc2ccc(C)c(Cl)c2)ccc1OCC(=O)Nc1ccc(C)c(C)c1. The van der Waals surface area contributed by atoms with Gasteiger partial charge in [0.2, 0.25) is 0 Å². The van der Waals surface area contributed by atoms with Crippen LogP contribution in [0.1, 0.15) is 22.3 Å². The summed E-state index contributed by atoms with van der Waals surface area (Å²) in [6.07, 6.45) is 0. The normalized spacial score (nSPS) is 10.5. The lowest BCUT2D eigenvalue weighted by Gasteiger charge is -2.14. The summed E-state index contributed by atoms with van der Waals surface area (Å²) in [6, 6.07) is 17.3. The Labute approximate surface area is 188 Å². The van der Waals surface area contributed by atoms with E-state index >= 15 is 0 Å². The molecule has 0 atom stereocenters. The fraction of sp³-hybridized carbons (Fsp3) is 0.240. The fourth-order valence-electron chi connectivity index (χ4n) is 3.01. The molecule has 0 unspecified atom stereocenters. The van der Waals surface area contributed by atoms with Crippen molar-refractivity contribution in [3.8, 4) is 11.5 Å². The van der Waals surface area contributed by atoms with Crippen LogP contribution >= 0.6 is 11.6 Å². The predicted octanol–water partition coefficient (Wildman–Crippen LogP) is 5.90. The molecule has 3 aromatic rings. The van der Waals surface area contributed by atoms with Crippen LogP contribution in [0.15, 0.2) is 54.6 Å². The fourth-order valence-corrected chi connectivity index (χ4v) is 3.19. The van der Waals surface area contributed by atoms with Gasteiger partial charge in [-0.15, -0.1) is 0 Å². The van der Waals surface area contributed by atoms with E-state index in [0.29, 0.717) is 18.0 Å². The van der Waals surface area contributed by atoms with Crippen LogP contribution in [-0.4, -0.2) is 19.6 Å². The zero-order valence-electron chi connectivity index (χ0n) is 18.2. The Balaban J connectivity index is 1.58. The van der Waals surface area contributed by atoms with Crippen molar-refractivity contribution in [1.29, 1.82) is 0 Å². The van der Waals surface area contributed by atoms with E-state index in [1.54, 1.807) is 13.2 Å². The number of amides is 1. The second-order valence-corrected chi connectivity index (χ2v) is 7.85. The average Bonchev–Trinajstić information content (AvgIpc) is 2.76. The van der Waals surface area contributed by atoms with E-state index < -0.39 is 0 Å². The number of halogens is 1. The molecule has 162 valence electrons. The standard InChI is InChI=1S/C25H27ClN2O3/c1-16-5-9-21(11-18(16)3)28-25(29)15-31-23-10-7-19(12-24(23)30-4)14-27-20-8-6-17(2)22(26)13-20/h5-13,27H,14-15H2,1-4H3,(H,28,29). The van der Waals surface area contributed by atoms with Crippen LogP contribution in [0, 0.1) is 20.8 Å². The Morgan fingerprint density at radius 1 is 0.871 bits per heavy atom. The number of carbonyl (C=O) groups excluding carboxylic acids is 1. The molecule has 0 saturated carbocycles. The second kappa shape index (κ2) is 10.2. The minimum absolute atomic E-state index is 0.108. The van der Waals surface area contributed by atoms with Gasteiger partial charge in [0.15, 0.2) is 18.1 Å². The topological polar surface area (TPSA) is 59.6 Å². The molecule has 2 N–H and O–H groups in total. The lowest BCUT2D eigenvalue weighted by atomic mass is 10.1. The van der Waals surface area contributed by atoms with Crippen LogP contribution in [-0.2, 0) is 11.3 Å². The molecule has 0 fully saturated rings. The van der Waals surface area contributed by atoms with Crippen molar-refractivity contribution in [1.82, 2.24) is 0 Å². The maximum Gasteiger partial charge on any atom is 0.262 e. The van der Waals surface area contributed by atoms with Gasteiger partial charge in [-0.2, -0.15) is 0 Å². The molecule has 0 aromatic heterocycles. The molecule has 3 aromatic carbocycles. The summed E-state index contributed by atoms with van der Waals surface area (Å²) in [4.78, 5) is 12.3. The third kappa shape index (κ3) is 6.15. The van der Waals surface area contributed by atoms with Crippen molar-refractivity contribution in [2.75, 3.05) is 24.4 Å². The molecule has 0 aliphatic heterocycles. The number of anilines is 2. The van der Waals surface area contributed by atoms with Gasteiger partial charge in [0.05, 0.1) is 7.11 Å². The van der Waals surface area contributed by atoms with Crippen LogP contribution in [0.25, 0.3) is 0 Å². The van der Waals surface area contributed by atoms with Crippen LogP contribution in [0.3, 0.4) is 0 Å². The summed E-state index contributed by atoms with van der Waals surface area (Å²) in [6.45, 7) is 6.51. The molecule has 31 heavy (non-hydrogen) atoms. The molecule has 1 amide bonds. The molecule has 0 radical (unpaired) electrons. The van der Waals surface area contributed by atoms with Crippen LogP contribution in [0.2, 0.25) is 5.02 Å². The number of nitrogens with one attached hydrogen (secondary N) is 2. The Hall–Kier alpha value is -3.18. The lowest BCUT2D eigenvalue weighted by molar-refractivity contribution is -0.118. The summed E-state index contributed by atoms with van der Waals surface area (Å²) in [7, 11) is 1.58. The van der Waals surface area contributed by atoms with E-state index in [0.717, 1.165) is 33.1 Å². The monoisotopic (exact) mass is 438 g/mol. The highest BCUT2D eigenvalue weighted by Gasteiger charge is 2.10. The Bertz CT molecular complexity index is 1080. The van der Waals surface area contributed by atoms with Gasteiger partial charge >= 0.3 is 0 Å². The van der Waals surface area contributed by atoms with Crippen molar-refractivity contribution in [2.45, 2.75) is 27.3 Å². The molecular weight excluding hydrogens is 412 g/mol. The number of aryl methyl sites for hydroxylation is 3. The van der Waals surface area contributed by atoms with Gasteiger partial charge < -0.3 is 20.1 Å². The molecule has 0 saturated heterocycles. The van der Waals surface area contributed by atoms with Crippen molar-refractivity contribution in [2.24, 2.45) is 0 Å². The summed E-state index contributed by atoms with van der Waals surface area (Å²) in [5, 5.41) is 6.92. The first-order valence-electron chi connectivity index (χ1n) is 10.0. The lowest BCUT2D eigenvalue weighted by Crippen LogP contribution is -2.20. The minimum atomic E-state index is -0.229. The molecular formula is C25H27ClN2O3. The number of hydrogen-bond acceptors (Lipinski definition) is 4. The van der Waals surface area contributed by atoms with Gasteiger partial charge in [0.25, 0.3) is 5.91 Å². The smallest absolute Gasteiger partial charge is 0.262 e. The van der Waals surface area contributed by atoms with Crippen LogP contribution < -0.4 is 20.1 Å². The molecule has 0 spiro atoms. The second-order valence-electron chi connectivity index (χ2n) is 7.44. The van der Waals surface area contributed by atoms with E-state index in [-0.39, 0.29) is 12.5 Å². The summed E-state index contributed by atoms with van der Waals surface area (Å²) < 4.78 is 11.1. The third-order valence-corrected chi connectivity index (χ3v) is 5.45.